The summed E-state index contributed by atoms with van der Waals surface area (Å²) in [6.45, 7) is 5.51. The van der Waals surface area contributed by atoms with Crippen molar-refractivity contribution in [1.82, 2.24) is 30.0 Å². The first-order valence-electron chi connectivity index (χ1n) is 4.47. The lowest BCUT2D eigenvalue weighted by atomic mass is 10.5. The van der Waals surface area contributed by atoms with E-state index >= 15 is 0 Å². The second-order valence-corrected chi connectivity index (χ2v) is 3.20. The molecule has 2 aromatic rings. The second-order valence-electron chi connectivity index (χ2n) is 3.20. The molecule has 0 aliphatic rings. The summed E-state index contributed by atoms with van der Waals surface area (Å²) in [5.41, 5.74) is 2.12. The fourth-order valence-electron chi connectivity index (χ4n) is 1.25. The van der Waals surface area contributed by atoms with Crippen LogP contribution in [0.5, 0.6) is 0 Å². The summed E-state index contributed by atoms with van der Waals surface area (Å²) in [4.78, 5) is 0. The van der Waals surface area contributed by atoms with Gasteiger partial charge in [-0.1, -0.05) is 10.4 Å². The molecule has 0 aliphatic carbocycles. The van der Waals surface area contributed by atoms with Crippen molar-refractivity contribution in [1.29, 1.82) is 0 Å². The first-order valence-corrected chi connectivity index (χ1v) is 4.47. The summed E-state index contributed by atoms with van der Waals surface area (Å²) in [6.07, 6.45) is 3.49. The Morgan fingerprint density at radius 2 is 1.36 bits per heavy atom. The zero-order valence-electron chi connectivity index (χ0n) is 8.25. The third kappa shape index (κ3) is 1.63. The van der Waals surface area contributed by atoms with Gasteiger partial charge in [0.15, 0.2) is 0 Å². The number of aryl methyl sites for hydroxylation is 4. The SMILES string of the molecule is Cc1cnnn1CCn1nncc1C. The van der Waals surface area contributed by atoms with Crippen LogP contribution in [0.2, 0.25) is 0 Å². The van der Waals surface area contributed by atoms with Crippen LogP contribution in [0.3, 0.4) is 0 Å². The molecule has 0 aliphatic heterocycles. The van der Waals surface area contributed by atoms with Crippen molar-refractivity contribution >= 4 is 0 Å². The van der Waals surface area contributed by atoms with E-state index in [1.165, 1.54) is 0 Å². The van der Waals surface area contributed by atoms with E-state index in [9.17, 15) is 0 Å². The first kappa shape index (κ1) is 8.86. The molecule has 0 aromatic carbocycles. The van der Waals surface area contributed by atoms with E-state index in [2.05, 4.69) is 20.6 Å². The largest absolute Gasteiger partial charge is 0.248 e. The Morgan fingerprint density at radius 1 is 0.929 bits per heavy atom. The van der Waals surface area contributed by atoms with Gasteiger partial charge in [-0.05, 0) is 13.8 Å². The molecule has 2 rings (SSSR count). The summed E-state index contributed by atoms with van der Waals surface area (Å²) in [7, 11) is 0. The third-order valence-corrected chi connectivity index (χ3v) is 2.15. The molecule has 14 heavy (non-hydrogen) atoms. The zero-order valence-corrected chi connectivity index (χ0v) is 8.25. The molecule has 0 atom stereocenters. The summed E-state index contributed by atoms with van der Waals surface area (Å²) in [5.74, 6) is 0. The van der Waals surface area contributed by atoms with Gasteiger partial charge < -0.3 is 0 Å². The molecule has 0 unspecified atom stereocenters. The van der Waals surface area contributed by atoms with Gasteiger partial charge in [0.1, 0.15) is 0 Å². The van der Waals surface area contributed by atoms with E-state index < -0.39 is 0 Å². The standard InChI is InChI=1S/C8H12N6/c1-7-5-9-11-13(7)3-4-14-8(2)6-10-12-14/h5-6H,3-4H2,1-2H3. The van der Waals surface area contributed by atoms with Gasteiger partial charge in [-0.15, -0.1) is 10.2 Å². The fraction of sp³-hybridized carbons (Fsp3) is 0.500. The van der Waals surface area contributed by atoms with Crippen LogP contribution in [-0.4, -0.2) is 30.0 Å². The first-order chi connectivity index (χ1) is 6.77. The number of nitrogens with zero attached hydrogens (tertiary/aromatic N) is 6. The van der Waals surface area contributed by atoms with Crippen molar-refractivity contribution in [2.45, 2.75) is 26.9 Å². The van der Waals surface area contributed by atoms with Crippen LogP contribution in [0.4, 0.5) is 0 Å². The van der Waals surface area contributed by atoms with E-state index in [4.69, 9.17) is 0 Å². The molecule has 6 heteroatoms. The Hall–Kier alpha value is -1.72. The van der Waals surface area contributed by atoms with Gasteiger partial charge in [0, 0.05) is 0 Å². The molecule has 6 nitrogen and oxygen atoms in total. The topological polar surface area (TPSA) is 61.4 Å². The Labute approximate surface area is 81.5 Å². The minimum atomic E-state index is 0.774. The molecule has 0 N–H and O–H groups in total. The number of hydrogen-bond donors (Lipinski definition) is 0. The van der Waals surface area contributed by atoms with Gasteiger partial charge in [-0.2, -0.15) is 0 Å². The van der Waals surface area contributed by atoms with E-state index in [1.54, 1.807) is 12.4 Å². The highest BCUT2D eigenvalue weighted by Gasteiger charge is 2.01. The van der Waals surface area contributed by atoms with Crippen LogP contribution in [0.1, 0.15) is 11.4 Å². The summed E-state index contributed by atoms with van der Waals surface area (Å²) < 4.78 is 3.70. The molecule has 0 saturated heterocycles. The van der Waals surface area contributed by atoms with Gasteiger partial charge in [0.05, 0.1) is 36.9 Å². The molecule has 2 heterocycles. The number of hydrogen-bond acceptors (Lipinski definition) is 4. The number of aromatic nitrogens is 6. The molecule has 0 fully saturated rings. The van der Waals surface area contributed by atoms with Gasteiger partial charge in [0.25, 0.3) is 0 Å². The van der Waals surface area contributed by atoms with Gasteiger partial charge >= 0.3 is 0 Å². The van der Waals surface area contributed by atoms with E-state index in [-0.39, 0.29) is 0 Å². The van der Waals surface area contributed by atoms with E-state index in [0.717, 1.165) is 24.5 Å². The van der Waals surface area contributed by atoms with Crippen molar-refractivity contribution in [3.8, 4) is 0 Å². The monoisotopic (exact) mass is 192 g/mol. The molecule has 0 bridgehead atoms. The van der Waals surface area contributed by atoms with Crippen LogP contribution >= 0.6 is 0 Å². The van der Waals surface area contributed by atoms with Crippen LogP contribution < -0.4 is 0 Å². The molecule has 74 valence electrons. The predicted octanol–water partition coefficient (Wildman–Crippen LogP) is 0.187. The predicted molar refractivity (Wildman–Crippen MR) is 49.5 cm³/mol. The molecule has 0 radical (unpaired) electrons. The van der Waals surface area contributed by atoms with Crippen molar-refractivity contribution in [3.05, 3.63) is 23.8 Å². The van der Waals surface area contributed by atoms with Crippen molar-refractivity contribution in [2.75, 3.05) is 0 Å². The maximum absolute atomic E-state index is 3.95. The Balaban J connectivity index is 2.02. The van der Waals surface area contributed by atoms with Crippen LogP contribution in [-0.2, 0) is 13.1 Å². The van der Waals surface area contributed by atoms with Crippen molar-refractivity contribution < 1.29 is 0 Å². The highest BCUT2D eigenvalue weighted by atomic mass is 15.5. The average molecular weight is 192 g/mol. The average Bonchev–Trinajstić information content (AvgIpc) is 2.72. The highest BCUT2D eigenvalue weighted by Crippen LogP contribution is 1.97. The molecular weight excluding hydrogens is 180 g/mol. The van der Waals surface area contributed by atoms with Gasteiger partial charge in [0.2, 0.25) is 0 Å². The molecular formula is C8H12N6. The maximum Gasteiger partial charge on any atom is 0.0722 e. The van der Waals surface area contributed by atoms with Gasteiger partial charge in [-0.3, -0.25) is 0 Å². The number of rotatable bonds is 3. The zero-order chi connectivity index (χ0) is 9.97. The summed E-state index contributed by atoms with van der Waals surface area (Å²) >= 11 is 0. The smallest absolute Gasteiger partial charge is 0.0722 e. The molecule has 0 saturated carbocycles. The van der Waals surface area contributed by atoms with Crippen LogP contribution in [0.15, 0.2) is 12.4 Å². The molecule has 0 amide bonds. The van der Waals surface area contributed by atoms with E-state index in [1.807, 2.05) is 23.2 Å². The lowest BCUT2D eigenvalue weighted by Gasteiger charge is -2.03. The normalized spacial score (nSPS) is 10.7. The Morgan fingerprint density at radius 3 is 1.64 bits per heavy atom. The Bertz CT molecular complexity index is 375. The minimum Gasteiger partial charge on any atom is -0.248 e. The maximum atomic E-state index is 3.95. The van der Waals surface area contributed by atoms with Crippen LogP contribution in [0, 0.1) is 13.8 Å². The lowest BCUT2D eigenvalue weighted by Crippen LogP contribution is -2.12. The second kappa shape index (κ2) is 3.57. The molecule has 2 aromatic heterocycles. The van der Waals surface area contributed by atoms with Crippen molar-refractivity contribution in [2.24, 2.45) is 0 Å². The Kier molecular flexibility index (Phi) is 2.26. The van der Waals surface area contributed by atoms with Crippen molar-refractivity contribution in [3.63, 3.8) is 0 Å². The van der Waals surface area contributed by atoms with Gasteiger partial charge in [-0.25, -0.2) is 9.36 Å². The van der Waals surface area contributed by atoms with E-state index in [0.29, 0.717) is 0 Å². The highest BCUT2D eigenvalue weighted by molar-refractivity contribution is 4.90. The minimum absolute atomic E-state index is 0.774. The van der Waals surface area contributed by atoms with Crippen LogP contribution in [0.25, 0.3) is 0 Å². The molecule has 0 spiro atoms. The fourth-order valence-corrected chi connectivity index (χ4v) is 1.25. The summed E-state index contributed by atoms with van der Waals surface area (Å²) in [5, 5.41) is 15.5. The third-order valence-electron chi connectivity index (χ3n) is 2.15. The quantitative estimate of drug-likeness (QED) is 0.696. The lowest BCUT2D eigenvalue weighted by molar-refractivity contribution is 0.468. The summed E-state index contributed by atoms with van der Waals surface area (Å²) in [6, 6.07) is 0.